The minimum Gasteiger partial charge on any atom is -0.355 e. The first-order valence-electron chi connectivity index (χ1n) is 11.2. The number of anilines is 1. The molecule has 0 atom stereocenters. The largest absolute Gasteiger partial charge is 0.355 e. The summed E-state index contributed by atoms with van der Waals surface area (Å²) in [5.41, 5.74) is 6.04. The number of benzene rings is 3. The summed E-state index contributed by atoms with van der Waals surface area (Å²) in [6.45, 7) is 1.44. The van der Waals surface area contributed by atoms with Gasteiger partial charge in [-0.15, -0.1) is 0 Å². The van der Waals surface area contributed by atoms with E-state index in [9.17, 15) is 13.2 Å². The molecule has 1 aromatic heterocycles. The van der Waals surface area contributed by atoms with Crippen molar-refractivity contribution < 1.29 is 13.2 Å². The molecule has 4 aromatic rings. The standard InChI is InChI=1S/C26H29N5O3S/c1-30(2)14-13-27-26(32)15-19-7-9-20(10-8-19)21-11-12-24-25(16-21)31(18-28-24)23-6-4-5-22(17-23)29-35(3,33)34/h4-12,16-18,29H,13-15H2,1-3H3,(H,27,32). The molecule has 0 spiro atoms. The molecule has 8 nitrogen and oxygen atoms in total. The molecule has 0 aliphatic carbocycles. The predicted octanol–water partition coefficient (Wildman–Crippen LogP) is 3.28. The van der Waals surface area contributed by atoms with Gasteiger partial charge in [-0.1, -0.05) is 36.4 Å². The zero-order valence-corrected chi connectivity index (χ0v) is 20.8. The first-order chi connectivity index (χ1) is 16.7. The van der Waals surface area contributed by atoms with Crippen molar-refractivity contribution in [1.29, 1.82) is 0 Å². The van der Waals surface area contributed by atoms with Crippen LogP contribution in [0.4, 0.5) is 5.69 Å². The maximum atomic E-state index is 12.2. The Kier molecular flexibility index (Phi) is 7.18. The van der Waals surface area contributed by atoms with Crippen molar-refractivity contribution in [3.63, 3.8) is 0 Å². The number of imidazole rings is 1. The molecule has 3 aromatic carbocycles. The van der Waals surface area contributed by atoms with Crippen LogP contribution < -0.4 is 10.0 Å². The summed E-state index contributed by atoms with van der Waals surface area (Å²) in [5.74, 6) is 0.0116. The lowest BCUT2D eigenvalue weighted by atomic mass is 10.0. The number of amides is 1. The fourth-order valence-electron chi connectivity index (χ4n) is 3.81. The van der Waals surface area contributed by atoms with Crippen LogP contribution in [0.5, 0.6) is 0 Å². The van der Waals surface area contributed by atoms with Crippen LogP contribution in [0.2, 0.25) is 0 Å². The lowest BCUT2D eigenvalue weighted by Gasteiger charge is -2.11. The number of nitrogens with zero attached hydrogens (tertiary/aromatic N) is 3. The van der Waals surface area contributed by atoms with Crippen LogP contribution in [0.1, 0.15) is 5.56 Å². The predicted molar refractivity (Wildman–Crippen MR) is 140 cm³/mol. The average molecular weight is 492 g/mol. The van der Waals surface area contributed by atoms with Crippen LogP contribution in [0.25, 0.3) is 27.8 Å². The SMILES string of the molecule is CN(C)CCNC(=O)Cc1ccc(-c2ccc3ncn(-c4cccc(NS(C)(=O)=O)c4)c3c2)cc1. The average Bonchev–Trinajstić information content (AvgIpc) is 3.22. The number of sulfonamides is 1. The molecule has 0 unspecified atom stereocenters. The van der Waals surface area contributed by atoms with E-state index in [1.807, 2.05) is 66.0 Å². The first-order valence-corrected chi connectivity index (χ1v) is 13.1. The Morgan fingerprint density at radius 3 is 2.46 bits per heavy atom. The van der Waals surface area contributed by atoms with E-state index in [4.69, 9.17) is 0 Å². The lowest BCUT2D eigenvalue weighted by molar-refractivity contribution is -0.120. The van der Waals surface area contributed by atoms with E-state index in [0.717, 1.165) is 46.2 Å². The maximum Gasteiger partial charge on any atom is 0.229 e. The van der Waals surface area contributed by atoms with Gasteiger partial charge in [0.25, 0.3) is 0 Å². The fourth-order valence-corrected chi connectivity index (χ4v) is 4.36. The molecule has 0 radical (unpaired) electrons. The molecular formula is C26H29N5O3S. The summed E-state index contributed by atoms with van der Waals surface area (Å²) in [4.78, 5) is 18.7. The number of carbonyl (C=O) groups excluding carboxylic acids is 1. The zero-order chi connectivity index (χ0) is 25.0. The van der Waals surface area contributed by atoms with Gasteiger partial charge in [0, 0.05) is 18.8 Å². The molecule has 0 fully saturated rings. The van der Waals surface area contributed by atoms with Crippen LogP contribution in [0, 0.1) is 0 Å². The van der Waals surface area contributed by atoms with Gasteiger partial charge >= 0.3 is 0 Å². The van der Waals surface area contributed by atoms with E-state index in [2.05, 4.69) is 21.1 Å². The van der Waals surface area contributed by atoms with Gasteiger partial charge in [0.15, 0.2) is 0 Å². The molecule has 2 N–H and O–H groups in total. The first kappa shape index (κ1) is 24.4. The Morgan fingerprint density at radius 2 is 1.74 bits per heavy atom. The number of hydrogen-bond donors (Lipinski definition) is 2. The maximum absolute atomic E-state index is 12.2. The Labute approximate surface area is 205 Å². The van der Waals surface area contributed by atoms with E-state index < -0.39 is 10.0 Å². The molecule has 4 rings (SSSR count). The van der Waals surface area contributed by atoms with Crippen molar-refractivity contribution in [2.75, 3.05) is 38.2 Å². The molecule has 0 bridgehead atoms. The Hall–Kier alpha value is -3.69. The second-order valence-corrected chi connectivity index (χ2v) is 10.5. The fraction of sp³-hybridized carbons (Fsp3) is 0.231. The van der Waals surface area contributed by atoms with E-state index in [-0.39, 0.29) is 5.91 Å². The molecule has 35 heavy (non-hydrogen) atoms. The zero-order valence-electron chi connectivity index (χ0n) is 20.0. The van der Waals surface area contributed by atoms with Gasteiger partial charge < -0.3 is 10.2 Å². The van der Waals surface area contributed by atoms with Crippen LogP contribution in [-0.2, 0) is 21.2 Å². The molecule has 9 heteroatoms. The summed E-state index contributed by atoms with van der Waals surface area (Å²) < 4.78 is 27.7. The smallest absolute Gasteiger partial charge is 0.229 e. The van der Waals surface area contributed by atoms with Gasteiger partial charge in [0.1, 0.15) is 6.33 Å². The van der Waals surface area contributed by atoms with Crippen LogP contribution >= 0.6 is 0 Å². The van der Waals surface area contributed by atoms with Gasteiger partial charge in [0.2, 0.25) is 15.9 Å². The molecule has 0 saturated heterocycles. The number of hydrogen-bond acceptors (Lipinski definition) is 5. The van der Waals surface area contributed by atoms with Gasteiger partial charge in [-0.05, 0) is 61.1 Å². The topological polar surface area (TPSA) is 96.3 Å². The third-order valence-corrected chi connectivity index (χ3v) is 6.11. The van der Waals surface area contributed by atoms with Crippen molar-refractivity contribution >= 4 is 32.7 Å². The second kappa shape index (κ2) is 10.3. The highest BCUT2D eigenvalue weighted by Gasteiger charge is 2.10. The highest BCUT2D eigenvalue weighted by molar-refractivity contribution is 7.92. The van der Waals surface area contributed by atoms with Crippen LogP contribution in [-0.4, -0.2) is 62.2 Å². The Balaban J connectivity index is 1.54. The van der Waals surface area contributed by atoms with Crippen LogP contribution in [0.15, 0.2) is 73.1 Å². The summed E-state index contributed by atoms with van der Waals surface area (Å²) in [6, 6.07) is 21.2. The summed E-state index contributed by atoms with van der Waals surface area (Å²) in [6.07, 6.45) is 3.20. The third-order valence-electron chi connectivity index (χ3n) is 5.51. The monoisotopic (exact) mass is 491 g/mol. The number of likely N-dealkylation sites (N-methyl/N-ethyl adjacent to an activating group) is 1. The lowest BCUT2D eigenvalue weighted by Crippen LogP contribution is -2.32. The molecule has 0 aliphatic rings. The van der Waals surface area contributed by atoms with E-state index in [1.54, 1.807) is 24.5 Å². The van der Waals surface area contributed by atoms with E-state index in [0.29, 0.717) is 18.7 Å². The molecule has 1 amide bonds. The number of fused-ring (bicyclic) bond motifs is 1. The number of aromatic nitrogens is 2. The number of rotatable bonds is 9. The molecule has 0 saturated carbocycles. The molecular weight excluding hydrogens is 462 g/mol. The quantitative estimate of drug-likeness (QED) is 0.375. The van der Waals surface area contributed by atoms with Crippen LogP contribution in [0.3, 0.4) is 0 Å². The van der Waals surface area contributed by atoms with Gasteiger partial charge in [-0.25, -0.2) is 13.4 Å². The minimum absolute atomic E-state index is 0.0116. The van der Waals surface area contributed by atoms with Crippen molar-refractivity contribution in [1.82, 2.24) is 19.8 Å². The molecule has 0 aliphatic heterocycles. The third kappa shape index (κ3) is 6.46. The van der Waals surface area contributed by atoms with E-state index >= 15 is 0 Å². The second-order valence-electron chi connectivity index (χ2n) is 8.77. The highest BCUT2D eigenvalue weighted by Crippen LogP contribution is 2.27. The van der Waals surface area contributed by atoms with Gasteiger partial charge in [-0.3, -0.25) is 14.1 Å². The van der Waals surface area contributed by atoms with Gasteiger partial charge in [-0.2, -0.15) is 0 Å². The van der Waals surface area contributed by atoms with Crippen molar-refractivity contribution in [3.8, 4) is 16.8 Å². The van der Waals surface area contributed by atoms with Crippen molar-refractivity contribution in [3.05, 3.63) is 78.6 Å². The molecule has 182 valence electrons. The van der Waals surface area contributed by atoms with Crippen molar-refractivity contribution in [2.24, 2.45) is 0 Å². The molecule has 1 heterocycles. The Bertz CT molecular complexity index is 1440. The summed E-state index contributed by atoms with van der Waals surface area (Å²) in [7, 11) is 0.580. The van der Waals surface area contributed by atoms with E-state index in [1.165, 1.54) is 0 Å². The highest BCUT2D eigenvalue weighted by atomic mass is 32.2. The minimum atomic E-state index is -3.37. The Morgan fingerprint density at radius 1 is 1.00 bits per heavy atom. The summed E-state index contributed by atoms with van der Waals surface area (Å²) >= 11 is 0. The van der Waals surface area contributed by atoms with Crippen molar-refractivity contribution in [2.45, 2.75) is 6.42 Å². The normalized spacial score (nSPS) is 11.7. The summed E-state index contributed by atoms with van der Waals surface area (Å²) in [5, 5.41) is 2.94. The number of nitrogens with one attached hydrogen (secondary N) is 2. The number of carbonyl (C=O) groups is 1. The van der Waals surface area contributed by atoms with Gasteiger partial charge in [0.05, 0.1) is 29.4 Å².